The van der Waals surface area contributed by atoms with E-state index in [1.54, 1.807) is 18.2 Å². The number of fused-ring (bicyclic) bond motifs is 4. The SMILES string of the molecule is Cc1cc([C@@H](C)Nc2ccccc2C(=O)O)c2oc3c(-c4ccccc4)c4ccccc4nc3c2c1. The molecule has 5 heteroatoms. The van der Waals surface area contributed by atoms with Gasteiger partial charge in [0.1, 0.15) is 11.1 Å². The molecule has 0 fully saturated rings. The number of nitrogens with one attached hydrogen (secondary N) is 1. The number of carbonyl (C=O) groups is 1. The molecule has 5 nitrogen and oxygen atoms in total. The van der Waals surface area contributed by atoms with Gasteiger partial charge in [-0.3, -0.25) is 0 Å². The normalized spacial score (nSPS) is 12.3. The van der Waals surface area contributed by atoms with E-state index in [0.29, 0.717) is 5.69 Å². The van der Waals surface area contributed by atoms with E-state index in [1.165, 1.54) is 0 Å². The average molecular weight is 473 g/mol. The number of pyridine rings is 1. The van der Waals surface area contributed by atoms with Crippen molar-refractivity contribution in [3.05, 3.63) is 108 Å². The Morgan fingerprint density at radius 1 is 0.889 bits per heavy atom. The van der Waals surface area contributed by atoms with Gasteiger partial charge in [-0.2, -0.15) is 0 Å². The molecule has 0 saturated carbocycles. The van der Waals surface area contributed by atoms with Gasteiger partial charge in [0.2, 0.25) is 0 Å². The van der Waals surface area contributed by atoms with Crippen LogP contribution in [-0.2, 0) is 0 Å². The molecule has 0 bridgehead atoms. The van der Waals surface area contributed by atoms with Crippen LogP contribution < -0.4 is 5.32 Å². The lowest BCUT2D eigenvalue weighted by atomic mass is 9.98. The average Bonchev–Trinajstić information content (AvgIpc) is 3.25. The molecular weight excluding hydrogens is 448 g/mol. The van der Waals surface area contributed by atoms with Gasteiger partial charge in [0, 0.05) is 27.6 Å². The first kappa shape index (κ1) is 21.9. The highest BCUT2D eigenvalue weighted by Gasteiger charge is 2.22. The number of nitrogens with zero attached hydrogens (tertiary/aromatic N) is 1. The minimum absolute atomic E-state index is 0.206. The Hall–Kier alpha value is -4.64. The lowest BCUT2D eigenvalue weighted by Gasteiger charge is -2.18. The first-order chi connectivity index (χ1) is 17.5. The maximum Gasteiger partial charge on any atom is 0.337 e. The number of carboxylic acids is 1. The van der Waals surface area contributed by atoms with Gasteiger partial charge < -0.3 is 14.8 Å². The van der Waals surface area contributed by atoms with Crippen molar-refractivity contribution in [3.8, 4) is 11.1 Å². The van der Waals surface area contributed by atoms with E-state index in [1.807, 2.05) is 49.4 Å². The number of aryl methyl sites for hydroxylation is 1. The van der Waals surface area contributed by atoms with Crippen LogP contribution in [0.1, 0.15) is 34.5 Å². The first-order valence-corrected chi connectivity index (χ1v) is 11.9. The van der Waals surface area contributed by atoms with Gasteiger partial charge in [-0.15, -0.1) is 0 Å². The van der Waals surface area contributed by atoms with Crippen LogP contribution in [0, 0.1) is 6.92 Å². The number of anilines is 1. The molecule has 6 aromatic rings. The zero-order chi connectivity index (χ0) is 24.8. The number of rotatable bonds is 5. The van der Waals surface area contributed by atoms with Crippen molar-refractivity contribution in [1.82, 2.24) is 4.98 Å². The highest BCUT2D eigenvalue weighted by atomic mass is 16.4. The third kappa shape index (κ3) is 3.57. The molecule has 0 radical (unpaired) electrons. The highest BCUT2D eigenvalue weighted by Crippen LogP contribution is 2.41. The van der Waals surface area contributed by atoms with Crippen LogP contribution in [0.3, 0.4) is 0 Å². The van der Waals surface area contributed by atoms with E-state index >= 15 is 0 Å². The molecule has 4 aromatic carbocycles. The summed E-state index contributed by atoms with van der Waals surface area (Å²) < 4.78 is 6.65. The molecular formula is C31H24N2O3. The molecule has 0 aliphatic rings. The smallest absolute Gasteiger partial charge is 0.337 e. The van der Waals surface area contributed by atoms with E-state index in [4.69, 9.17) is 9.40 Å². The number of aromatic nitrogens is 1. The van der Waals surface area contributed by atoms with Gasteiger partial charge in [-0.1, -0.05) is 66.7 Å². The number of para-hydroxylation sites is 2. The highest BCUT2D eigenvalue weighted by molar-refractivity contribution is 6.15. The molecule has 2 N–H and O–H groups in total. The Labute approximate surface area is 208 Å². The van der Waals surface area contributed by atoms with Crippen LogP contribution in [0.15, 0.2) is 95.4 Å². The Bertz CT molecular complexity index is 1770. The summed E-state index contributed by atoms with van der Waals surface area (Å²) in [6.07, 6.45) is 0. The Kier molecular flexibility index (Phi) is 5.19. The van der Waals surface area contributed by atoms with Gasteiger partial charge in [0.25, 0.3) is 0 Å². The second kappa shape index (κ2) is 8.54. The van der Waals surface area contributed by atoms with E-state index in [0.717, 1.165) is 55.2 Å². The Morgan fingerprint density at radius 2 is 1.61 bits per heavy atom. The van der Waals surface area contributed by atoms with Gasteiger partial charge in [0.15, 0.2) is 5.58 Å². The van der Waals surface area contributed by atoms with E-state index in [9.17, 15) is 9.90 Å². The van der Waals surface area contributed by atoms with Crippen molar-refractivity contribution in [2.75, 3.05) is 5.32 Å². The zero-order valence-corrected chi connectivity index (χ0v) is 19.9. The molecule has 176 valence electrons. The van der Waals surface area contributed by atoms with E-state index in [2.05, 4.69) is 42.6 Å². The number of aromatic carboxylic acids is 1. The van der Waals surface area contributed by atoms with Crippen molar-refractivity contribution < 1.29 is 14.3 Å². The van der Waals surface area contributed by atoms with E-state index in [-0.39, 0.29) is 11.6 Å². The molecule has 2 heterocycles. The molecule has 2 aromatic heterocycles. The van der Waals surface area contributed by atoms with E-state index < -0.39 is 5.97 Å². The van der Waals surface area contributed by atoms with Crippen molar-refractivity contribution >= 4 is 44.6 Å². The summed E-state index contributed by atoms with van der Waals surface area (Å²) in [5, 5.41) is 15.0. The number of furan rings is 1. The minimum atomic E-state index is -0.966. The predicted octanol–water partition coefficient (Wildman–Crippen LogP) is 7.98. The summed E-state index contributed by atoms with van der Waals surface area (Å²) in [4.78, 5) is 16.8. The number of carboxylic acid groups (broad SMARTS) is 1. The lowest BCUT2D eigenvalue weighted by molar-refractivity contribution is 0.0698. The van der Waals surface area contributed by atoms with Crippen molar-refractivity contribution in [2.24, 2.45) is 0 Å². The monoisotopic (exact) mass is 472 g/mol. The number of hydrogen-bond acceptors (Lipinski definition) is 4. The van der Waals surface area contributed by atoms with Crippen LogP contribution in [-0.4, -0.2) is 16.1 Å². The van der Waals surface area contributed by atoms with Crippen LogP contribution in [0.2, 0.25) is 0 Å². The van der Waals surface area contributed by atoms with Crippen molar-refractivity contribution in [2.45, 2.75) is 19.9 Å². The van der Waals surface area contributed by atoms with Crippen molar-refractivity contribution in [3.63, 3.8) is 0 Å². The Balaban J connectivity index is 1.61. The molecule has 6 rings (SSSR count). The van der Waals surface area contributed by atoms with Gasteiger partial charge in [0.05, 0.1) is 17.1 Å². The standard InChI is InChI=1S/C31H24N2O3/c1-18-16-23(19(2)32-26-15-9-7-13-22(26)31(34)35)29-24(17-18)28-30(36-29)27(20-10-4-3-5-11-20)21-12-6-8-14-25(21)33-28/h3-17,19,32H,1-2H3,(H,34,35)/t19-/m1/s1. The fraction of sp³-hybridized carbons (Fsp3) is 0.0968. The van der Waals surface area contributed by atoms with Crippen LogP contribution in [0.25, 0.3) is 44.1 Å². The second-order valence-electron chi connectivity index (χ2n) is 9.10. The van der Waals surface area contributed by atoms with Gasteiger partial charge in [-0.05, 0) is 49.2 Å². The molecule has 0 spiro atoms. The maximum absolute atomic E-state index is 11.7. The number of hydrogen-bond donors (Lipinski definition) is 2. The topological polar surface area (TPSA) is 75.4 Å². The fourth-order valence-electron chi connectivity index (χ4n) is 4.99. The molecule has 36 heavy (non-hydrogen) atoms. The minimum Gasteiger partial charge on any atom is -0.478 e. The summed E-state index contributed by atoms with van der Waals surface area (Å²) in [6.45, 7) is 4.07. The third-order valence-corrected chi connectivity index (χ3v) is 6.63. The van der Waals surface area contributed by atoms with Crippen LogP contribution in [0.4, 0.5) is 5.69 Å². The van der Waals surface area contributed by atoms with Gasteiger partial charge in [-0.25, -0.2) is 9.78 Å². The zero-order valence-electron chi connectivity index (χ0n) is 19.9. The predicted molar refractivity (Wildman–Crippen MR) is 145 cm³/mol. The molecule has 0 aliphatic heterocycles. The maximum atomic E-state index is 11.7. The second-order valence-corrected chi connectivity index (χ2v) is 9.10. The molecule has 0 unspecified atom stereocenters. The van der Waals surface area contributed by atoms with Crippen LogP contribution in [0.5, 0.6) is 0 Å². The third-order valence-electron chi connectivity index (χ3n) is 6.63. The van der Waals surface area contributed by atoms with Crippen molar-refractivity contribution in [1.29, 1.82) is 0 Å². The summed E-state index contributed by atoms with van der Waals surface area (Å²) in [5.74, 6) is -0.966. The largest absolute Gasteiger partial charge is 0.478 e. The summed E-state index contributed by atoms with van der Waals surface area (Å²) in [7, 11) is 0. The fourth-order valence-corrected chi connectivity index (χ4v) is 4.99. The summed E-state index contributed by atoms with van der Waals surface area (Å²) >= 11 is 0. The Morgan fingerprint density at radius 3 is 2.42 bits per heavy atom. The number of benzene rings is 4. The molecule has 0 aliphatic carbocycles. The summed E-state index contributed by atoms with van der Waals surface area (Å²) in [5.41, 5.74) is 8.16. The summed E-state index contributed by atoms with van der Waals surface area (Å²) in [6, 6.07) is 29.3. The van der Waals surface area contributed by atoms with Crippen LogP contribution >= 0.6 is 0 Å². The quantitative estimate of drug-likeness (QED) is 0.266. The molecule has 1 atom stereocenters. The van der Waals surface area contributed by atoms with Gasteiger partial charge >= 0.3 is 5.97 Å². The first-order valence-electron chi connectivity index (χ1n) is 11.9. The lowest BCUT2D eigenvalue weighted by Crippen LogP contribution is -2.11. The molecule has 0 amide bonds. The molecule has 0 saturated heterocycles.